The molecule has 1 rings (SSSR count). The van der Waals surface area contributed by atoms with Gasteiger partial charge < -0.3 is 29.5 Å². The van der Waals surface area contributed by atoms with Crippen LogP contribution in [0.4, 0.5) is 0 Å². The molecule has 1 aliphatic heterocycles. The second-order valence-corrected chi connectivity index (χ2v) is 2.81. The molecule has 1 heterocycles. The zero-order chi connectivity index (χ0) is 10.7. The predicted molar refractivity (Wildman–Crippen MR) is 40.8 cm³/mol. The van der Waals surface area contributed by atoms with Crippen LogP contribution in [0.25, 0.3) is 0 Å². The minimum Gasteiger partial charge on any atom is -0.435 e. The Morgan fingerprint density at radius 1 is 1.29 bits per heavy atom. The van der Waals surface area contributed by atoms with E-state index in [1.165, 1.54) is 7.11 Å². The first kappa shape index (κ1) is 11.3. The first-order chi connectivity index (χ1) is 6.61. The standard InChI is InChI=1S/C7H12O7/c1-12-5-3(9)4(10)6(11)14-7(5)13-2-8/h2-7,9-11H,1H3. The van der Waals surface area contributed by atoms with Crippen molar-refractivity contribution in [3.05, 3.63) is 0 Å². The fraction of sp³-hybridized carbons (Fsp3) is 0.857. The van der Waals surface area contributed by atoms with Gasteiger partial charge in [0.25, 0.3) is 6.47 Å². The van der Waals surface area contributed by atoms with Gasteiger partial charge in [-0.2, -0.15) is 0 Å². The van der Waals surface area contributed by atoms with Crippen molar-refractivity contribution in [2.45, 2.75) is 30.9 Å². The number of methoxy groups -OCH3 is 1. The molecule has 0 bridgehead atoms. The summed E-state index contributed by atoms with van der Waals surface area (Å²) in [6.45, 7) is 0.105. The molecule has 0 aliphatic carbocycles. The van der Waals surface area contributed by atoms with Gasteiger partial charge in [0, 0.05) is 7.11 Å². The van der Waals surface area contributed by atoms with Crippen LogP contribution in [-0.2, 0) is 19.0 Å². The van der Waals surface area contributed by atoms with Crippen LogP contribution in [0.5, 0.6) is 0 Å². The molecule has 82 valence electrons. The van der Waals surface area contributed by atoms with Crippen molar-refractivity contribution in [2.75, 3.05) is 7.11 Å². The molecule has 0 aromatic heterocycles. The zero-order valence-electron chi connectivity index (χ0n) is 7.44. The molecule has 0 spiro atoms. The van der Waals surface area contributed by atoms with Crippen molar-refractivity contribution in [3.8, 4) is 0 Å². The van der Waals surface area contributed by atoms with Crippen LogP contribution in [0.1, 0.15) is 0 Å². The van der Waals surface area contributed by atoms with Gasteiger partial charge in [0.15, 0.2) is 6.29 Å². The Bertz CT molecular complexity index is 196. The lowest BCUT2D eigenvalue weighted by Gasteiger charge is -2.38. The highest BCUT2D eigenvalue weighted by Crippen LogP contribution is 2.22. The highest BCUT2D eigenvalue weighted by Gasteiger charge is 2.45. The normalized spacial score (nSPS) is 43.3. The van der Waals surface area contributed by atoms with Crippen molar-refractivity contribution < 1.29 is 34.3 Å². The van der Waals surface area contributed by atoms with Gasteiger partial charge in [-0.15, -0.1) is 0 Å². The third-order valence-corrected chi connectivity index (χ3v) is 1.98. The minimum atomic E-state index is -1.61. The van der Waals surface area contributed by atoms with Gasteiger partial charge in [0.2, 0.25) is 6.29 Å². The van der Waals surface area contributed by atoms with Gasteiger partial charge in [-0.3, -0.25) is 4.79 Å². The number of hydrogen-bond acceptors (Lipinski definition) is 7. The maximum atomic E-state index is 10.0. The molecule has 7 nitrogen and oxygen atoms in total. The van der Waals surface area contributed by atoms with E-state index < -0.39 is 30.9 Å². The first-order valence-electron chi connectivity index (χ1n) is 3.93. The van der Waals surface area contributed by atoms with Crippen molar-refractivity contribution >= 4 is 6.47 Å². The molecule has 5 unspecified atom stereocenters. The minimum absolute atomic E-state index is 0.105. The molecular weight excluding hydrogens is 196 g/mol. The first-order valence-corrected chi connectivity index (χ1v) is 3.93. The van der Waals surface area contributed by atoms with E-state index in [9.17, 15) is 15.0 Å². The van der Waals surface area contributed by atoms with E-state index in [-0.39, 0.29) is 6.47 Å². The molecule has 0 amide bonds. The topological polar surface area (TPSA) is 105 Å². The highest BCUT2D eigenvalue weighted by molar-refractivity contribution is 5.37. The summed E-state index contributed by atoms with van der Waals surface area (Å²) in [7, 11) is 1.25. The molecule has 1 fully saturated rings. The summed E-state index contributed by atoms with van der Waals surface area (Å²) < 4.78 is 13.9. The summed E-state index contributed by atoms with van der Waals surface area (Å²) in [5.41, 5.74) is 0. The Balaban J connectivity index is 2.70. The van der Waals surface area contributed by atoms with Gasteiger partial charge in [-0.1, -0.05) is 0 Å². The van der Waals surface area contributed by atoms with E-state index in [0.29, 0.717) is 0 Å². The second kappa shape index (κ2) is 4.67. The molecule has 1 aliphatic rings. The summed E-state index contributed by atoms with van der Waals surface area (Å²) in [6, 6.07) is 0. The van der Waals surface area contributed by atoms with Crippen molar-refractivity contribution in [3.63, 3.8) is 0 Å². The average molecular weight is 208 g/mol. The van der Waals surface area contributed by atoms with E-state index >= 15 is 0 Å². The van der Waals surface area contributed by atoms with Crippen LogP contribution in [0.3, 0.4) is 0 Å². The van der Waals surface area contributed by atoms with Crippen LogP contribution < -0.4 is 0 Å². The molecule has 5 atom stereocenters. The number of hydrogen-bond donors (Lipinski definition) is 3. The van der Waals surface area contributed by atoms with Gasteiger partial charge >= 0.3 is 0 Å². The van der Waals surface area contributed by atoms with E-state index in [1.807, 2.05) is 0 Å². The van der Waals surface area contributed by atoms with Gasteiger partial charge in [0.05, 0.1) is 0 Å². The summed E-state index contributed by atoms with van der Waals surface area (Å²) in [5, 5.41) is 27.7. The quantitative estimate of drug-likeness (QED) is 0.443. The fourth-order valence-electron chi connectivity index (χ4n) is 1.23. The number of aliphatic hydroxyl groups is 3. The van der Waals surface area contributed by atoms with Crippen LogP contribution in [0.2, 0.25) is 0 Å². The third kappa shape index (κ3) is 2.02. The smallest absolute Gasteiger partial charge is 0.295 e. The Morgan fingerprint density at radius 2 is 1.93 bits per heavy atom. The van der Waals surface area contributed by atoms with E-state index in [0.717, 1.165) is 0 Å². The maximum Gasteiger partial charge on any atom is 0.295 e. The maximum absolute atomic E-state index is 10.0. The molecule has 7 heteroatoms. The summed E-state index contributed by atoms with van der Waals surface area (Å²) in [6.07, 6.45) is -6.74. The molecule has 0 radical (unpaired) electrons. The number of ether oxygens (including phenoxy) is 3. The number of carbonyl (C=O) groups is 1. The van der Waals surface area contributed by atoms with Crippen LogP contribution in [0.15, 0.2) is 0 Å². The predicted octanol–water partition coefficient (Wildman–Crippen LogP) is -2.43. The second-order valence-electron chi connectivity index (χ2n) is 2.81. The Labute approximate surface area is 79.8 Å². The van der Waals surface area contributed by atoms with Gasteiger partial charge in [0.1, 0.15) is 18.3 Å². The van der Waals surface area contributed by atoms with Crippen molar-refractivity contribution in [1.29, 1.82) is 0 Å². The SMILES string of the molecule is COC1C(OC=O)OC(O)C(O)C1O. The lowest BCUT2D eigenvalue weighted by molar-refractivity contribution is -0.332. The third-order valence-electron chi connectivity index (χ3n) is 1.98. The highest BCUT2D eigenvalue weighted by atomic mass is 16.8. The Hall–Kier alpha value is -0.730. The van der Waals surface area contributed by atoms with Crippen LogP contribution in [-0.4, -0.2) is 59.8 Å². The van der Waals surface area contributed by atoms with Crippen LogP contribution in [0, 0.1) is 0 Å². The summed E-state index contributed by atoms with van der Waals surface area (Å²) in [5.74, 6) is 0. The van der Waals surface area contributed by atoms with Gasteiger partial charge in [-0.05, 0) is 0 Å². The number of carbonyl (C=O) groups excluding carboxylic acids is 1. The summed E-state index contributed by atoms with van der Waals surface area (Å²) in [4.78, 5) is 10.0. The van der Waals surface area contributed by atoms with Crippen molar-refractivity contribution in [1.82, 2.24) is 0 Å². The molecule has 0 saturated carbocycles. The zero-order valence-corrected chi connectivity index (χ0v) is 7.44. The average Bonchev–Trinajstić information content (AvgIpc) is 2.16. The van der Waals surface area contributed by atoms with Crippen LogP contribution >= 0.6 is 0 Å². The van der Waals surface area contributed by atoms with E-state index in [2.05, 4.69) is 9.47 Å². The number of rotatable bonds is 3. The Morgan fingerprint density at radius 3 is 2.43 bits per heavy atom. The molecule has 14 heavy (non-hydrogen) atoms. The van der Waals surface area contributed by atoms with Crippen molar-refractivity contribution in [2.24, 2.45) is 0 Å². The van der Waals surface area contributed by atoms with E-state index in [4.69, 9.17) is 9.84 Å². The lowest BCUT2D eigenvalue weighted by Crippen LogP contribution is -2.58. The largest absolute Gasteiger partial charge is 0.435 e. The molecular formula is C7H12O7. The molecule has 3 N–H and O–H groups in total. The van der Waals surface area contributed by atoms with Gasteiger partial charge in [-0.25, -0.2) is 0 Å². The fourth-order valence-corrected chi connectivity index (χ4v) is 1.23. The summed E-state index contributed by atoms with van der Waals surface area (Å²) >= 11 is 0. The molecule has 0 aromatic rings. The Kier molecular flexibility index (Phi) is 3.78. The molecule has 1 saturated heterocycles. The van der Waals surface area contributed by atoms with E-state index in [1.54, 1.807) is 0 Å². The lowest BCUT2D eigenvalue weighted by atomic mass is 10.0. The molecule has 0 aromatic carbocycles. The number of aliphatic hydroxyl groups excluding tert-OH is 3. The monoisotopic (exact) mass is 208 g/mol.